The highest BCUT2D eigenvalue weighted by molar-refractivity contribution is 7.83. The lowest BCUT2D eigenvalue weighted by molar-refractivity contribution is 0.396. The van der Waals surface area contributed by atoms with Gasteiger partial charge in [0.1, 0.15) is 5.75 Å². The van der Waals surface area contributed by atoms with Gasteiger partial charge in [0.25, 0.3) is 0 Å². The standard InChI is InChI=1S/C11H14FNO3S/c1-16-11-3-2-9-4-6-13(17(12,14)15)7-5-10(9)8-11/h2-3,8H,4-7H2,1H3. The summed E-state index contributed by atoms with van der Waals surface area (Å²) in [6, 6.07) is 5.62. The lowest BCUT2D eigenvalue weighted by atomic mass is 10.0. The Morgan fingerprint density at radius 3 is 2.47 bits per heavy atom. The molecule has 1 aliphatic heterocycles. The van der Waals surface area contributed by atoms with Crippen molar-refractivity contribution in [3.05, 3.63) is 29.3 Å². The van der Waals surface area contributed by atoms with Gasteiger partial charge in [-0.25, -0.2) is 0 Å². The number of hydrogen-bond donors (Lipinski definition) is 0. The predicted molar refractivity (Wildman–Crippen MR) is 62.0 cm³/mol. The summed E-state index contributed by atoms with van der Waals surface area (Å²) in [6.45, 7) is 0.372. The Labute approximate surface area is 100 Å². The molecule has 0 bridgehead atoms. The number of rotatable bonds is 2. The SMILES string of the molecule is COc1ccc2c(c1)CCN(S(=O)(=O)F)CC2. The summed E-state index contributed by atoms with van der Waals surface area (Å²) in [4.78, 5) is 0. The van der Waals surface area contributed by atoms with Gasteiger partial charge in [-0.2, -0.15) is 12.7 Å². The maximum absolute atomic E-state index is 12.9. The zero-order valence-corrected chi connectivity index (χ0v) is 10.3. The van der Waals surface area contributed by atoms with Crippen LogP contribution in [0.25, 0.3) is 0 Å². The fraction of sp³-hybridized carbons (Fsp3) is 0.455. The summed E-state index contributed by atoms with van der Waals surface area (Å²) in [5, 5.41) is 0. The van der Waals surface area contributed by atoms with Gasteiger partial charge in [-0.3, -0.25) is 0 Å². The number of benzene rings is 1. The first-order valence-corrected chi connectivity index (χ1v) is 6.70. The zero-order chi connectivity index (χ0) is 12.5. The Kier molecular flexibility index (Phi) is 3.35. The summed E-state index contributed by atoms with van der Waals surface area (Å²) >= 11 is 0. The van der Waals surface area contributed by atoms with Crippen molar-refractivity contribution in [1.29, 1.82) is 0 Å². The van der Waals surface area contributed by atoms with Crippen LogP contribution in [0, 0.1) is 0 Å². The molecular weight excluding hydrogens is 245 g/mol. The molecule has 0 aromatic heterocycles. The molecule has 4 nitrogen and oxygen atoms in total. The maximum Gasteiger partial charge on any atom is 0.374 e. The van der Waals surface area contributed by atoms with Crippen molar-refractivity contribution in [2.24, 2.45) is 0 Å². The molecule has 2 rings (SSSR count). The van der Waals surface area contributed by atoms with Crippen LogP contribution < -0.4 is 4.74 Å². The molecular formula is C11H14FNO3S. The van der Waals surface area contributed by atoms with E-state index in [-0.39, 0.29) is 13.1 Å². The minimum absolute atomic E-state index is 0.180. The number of hydrogen-bond acceptors (Lipinski definition) is 3. The van der Waals surface area contributed by atoms with Gasteiger partial charge in [0, 0.05) is 13.1 Å². The van der Waals surface area contributed by atoms with Crippen LogP contribution in [0.3, 0.4) is 0 Å². The molecule has 0 saturated carbocycles. The van der Waals surface area contributed by atoms with Crippen molar-refractivity contribution in [2.75, 3.05) is 20.2 Å². The molecule has 0 saturated heterocycles. The first-order valence-electron chi connectivity index (χ1n) is 5.36. The molecule has 0 aliphatic carbocycles. The van der Waals surface area contributed by atoms with Crippen LogP contribution in [0.4, 0.5) is 3.89 Å². The first-order chi connectivity index (χ1) is 8.00. The molecule has 1 aromatic carbocycles. The zero-order valence-electron chi connectivity index (χ0n) is 9.52. The highest BCUT2D eigenvalue weighted by atomic mass is 32.3. The predicted octanol–water partition coefficient (Wildman–Crippen LogP) is 1.31. The molecule has 1 aromatic rings. The Hall–Kier alpha value is -1.14. The topological polar surface area (TPSA) is 46.6 Å². The van der Waals surface area contributed by atoms with Crippen molar-refractivity contribution in [1.82, 2.24) is 4.31 Å². The van der Waals surface area contributed by atoms with Gasteiger partial charge >= 0.3 is 10.4 Å². The van der Waals surface area contributed by atoms with Crippen molar-refractivity contribution < 1.29 is 17.0 Å². The van der Waals surface area contributed by atoms with Crippen LogP contribution in [0.1, 0.15) is 11.1 Å². The Morgan fingerprint density at radius 2 is 1.88 bits per heavy atom. The summed E-state index contributed by atoms with van der Waals surface area (Å²) < 4.78 is 40.6. The average molecular weight is 259 g/mol. The van der Waals surface area contributed by atoms with Crippen LogP contribution in [0.2, 0.25) is 0 Å². The van der Waals surface area contributed by atoms with Crippen LogP contribution in [-0.2, 0) is 23.3 Å². The summed E-state index contributed by atoms with van der Waals surface area (Å²) in [5.41, 5.74) is 2.08. The molecule has 1 heterocycles. The third-order valence-corrected chi connectivity index (χ3v) is 3.96. The number of nitrogens with zero attached hydrogens (tertiary/aromatic N) is 1. The second-order valence-corrected chi connectivity index (χ2v) is 5.32. The quantitative estimate of drug-likeness (QED) is 0.752. The highest BCUT2D eigenvalue weighted by Gasteiger charge is 2.23. The van der Waals surface area contributed by atoms with E-state index in [1.165, 1.54) is 0 Å². The van der Waals surface area contributed by atoms with E-state index >= 15 is 0 Å². The van der Waals surface area contributed by atoms with E-state index in [0.29, 0.717) is 12.8 Å². The van der Waals surface area contributed by atoms with Crippen molar-refractivity contribution in [3.63, 3.8) is 0 Å². The van der Waals surface area contributed by atoms with E-state index < -0.39 is 10.4 Å². The number of fused-ring (bicyclic) bond motifs is 1. The second kappa shape index (κ2) is 4.62. The largest absolute Gasteiger partial charge is 0.497 e. The van der Waals surface area contributed by atoms with E-state index in [4.69, 9.17) is 4.74 Å². The van der Waals surface area contributed by atoms with Gasteiger partial charge in [0.05, 0.1) is 7.11 Å². The van der Waals surface area contributed by atoms with E-state index in [0.717, 1.165) is 21.2 Å². The van der Waals surface area contributed by atoms with Crippen molar-refractivity contribution >= 4 is 10.4 Å². The summed E-state index contributed by atoms with van der Waals surface area (Å²) in [5.74, 6) is 0.736. The molecule has 0 spiro atoms. The van der Waals surface area contributed by atoms with Gasteiger partial charge in [-0.15, -0.1) is 0 Å². The molecule has 1 aliphatic rings. The molecule has 0 amide bonds. The average Bonchev–Trinajstić information content (AvgIpc) is 2.49. The second-order valence-electron chi connectivity index (χ2n) is 3.98. The molecule has 94 valence electrons. The van der Waals surface area contributed by atoms with Gasteiger partial charge in [-0.05, 0) is 36.1 Å². The van der Waals surface area contributed by atoms with Crippen LogP contribution >= 0.6 is 0 Å². The molecule has 0 atom stereocenters. The van der Waals surface area contributed by atoms with Gasteiger partial charge in [0.2, 0.25) is 0 Å². The molecule has 0 N–H and O–H groups in total. The summed E-state index contributed by atoms with van der Waals surface area (Å²) in [7, 11) is -3.00. The number of methoxy groups -OCH3 is 1. The van der Waals surface area contributed by atoms with Crippen LogP contribution in [0.15, 0.2) is 18.2 Å². The smallest absolute Gasteiger partial charge is 0.374 e. The van der Waals surface area contributed by atoms with E-state index in [2.05, 4.69) is 0 Å². The lowest BCUT2D eigenvalue weighted by Gasteiger charge is -2.12. The maximum atomic E-state index is 12.9. The molecule has 6 heteroatoms. The van der Waals surface area contributed by atoms with Crippen LogP contribution in [0.5, 0.6) is 5.75 Å². The van der Waals surface area contributed by atoms with E-state index in [1.54, 1.807) is 7.11 Å². The van der Waals surface area contributed by atoms with Crippen LogP contribution in [-0.4, -0.2) is 32.9 Å². The minimum atomic E-state index is -4.58. The third kappa shape index (κ3) is 2.76. The number of halogens is 1. The van der Waals surface area contributed by atoms with Gasteiger partial charge in [0.15, 0.2) is 0 Å². The molecule has 0 fully saturated rings. The molecule has 0 unspecified atom stereocenters. The number of ether oxygens (including phenoxy) is 1. The first kappa shape index (κ1) is 12.3. The normalized spacial score (nSPS) is 17.3. The third-order valence-electron chi connectivity index (χ3n) is 2.98. The van der Waals surface area contributed by atoms with Crippen molar-refractivity contribution in [2.45, 2.75) is 12.8 Å². The molecule has 17 heavy (non-hydrogen) atoms. The molecule has 0 radical (unpaired) electrons. The lowest BCUT2D eigenvalue weighted by Crippen LogP contribution is -2.30. The Bertz CT molecular complexity index is 515. The van der Waals surface area contributed by atoms with Gasteiger partial charge < -0.3 is 4.74 Å². The minimum Gasteiger partial charge on any atom is -0.497 e. The summed E-state index contributed by atoms with van der Waals surface area (Å²) in [6.07, 6.45) is 1.04. The Balaban J connectivity index is 2.24. The van der Waals surface area contributed by atoms with Gasteiger partial charge in [-0.1, -0.05) is 9.95 Å². The monoisotopic (exact) mass is 259 g/mol. The van der Waals surface area contributed by atoms with Crippen molar-refractivity contribution in [3.8, 4) is 5.75 Å². The fourth-order valence-corrected chi connectivity index (χ4v) is 2.64. The fourth-order valence-electron chi connectivity index (χ4n) is 2.03. The van der Waals surface area contributed by atoms with E-state index in [1.807, 2.05) is 18.2 Å². The highest BCUT2D eigenvalue weighted by Crippen LogP contribution is 2.22. The van der Waals surface area contributed by atoms with E-state index in [9.17, 15) is 12.3 Å². The Morgan fingerprint density at radius 1 is 1.24 bits per heavy atom.